The van der Waals surface area contributed by atoms with Crippen LogP contribution in [0.15, 0.2) is 61.2 Å². The highest BCUT2D eigenvalue weighted by atomic mass is 16.5. The molecule has 0 fully saturated rings. The Bertz CT molecular complexity index is 1190. The molecule has 3 aromatic heterocycles. The summed E-state index contributed by atoms with van der Waals surface area (Å²) in [6, 6.07) is 10.6. The summed E-state index contributed by atoms with van der Waals surface area (Å²) in [7, 11) is 1.86. The number of carbonyl (C=O) groups excluding carboxylic acids is 1. The van der Waals surface area contributed by atoms with Crippen LogP contribution >= 0.6 is 0 Å². The Balaban J connectivity index is 1.85. The molecule has 0 saturated heterocycles. The van der Waals surface area contributed by atoms with E-state index in [9.17, 15) is 9.90 Å². The van der Waals surface area contributed by atoms with Crippen LogP contribution in [-0.2, 0) is 18.4 Å². The highest BCUT2D eigenvalue weighted by molar-refractivity contribution is 6.07. The molecule has 3 heterocycles. The highest BCUT2D eigenvalue weighted by Gasteiger charge is 2.24. The molecule has 4 aromatic rings. The van der Waals surface area contributed by atoms with E-state index in [0.717, 1.165) is 11.1 Å². The number of ether oxygens (including phenoxy) is 2. The number of fused-ring (bicyclic) bond motifs is 1. The molecule has 1 aromatic carbocycles. The fourth-order valence-corrected chi connectivity index (χ4v) is 3.46. The average Bonchev–Trinajstić information content (AvgIpc) is 3.04. The molecule has 0 atom stereocenters. The number of benzene rings is 1. The zero-order valence-electron chi connectivity index (χ0n) is 16.7. The molecule has 152 valence electrons. The monoisotopic (exact) mass is 403 g/mol. The maximum atomic E-state index is 12.8. The Hall–Kier alpha value is -3.87. The molecule has 7 nitrogen and oxygen atoms in total. The number of hydrogen-bond donors (Lipinski definition) is 1. The first-order valence-electron chi connectivity index (χ1n) is 9.54. The van der Waals surface area contributed by atoms with E-state index in [1.165, 1.54) is 0 Å². The SMILES string of the molecule is CCOC(=O)c1c(COc2ccncc2)n(C)c2cc(-c3cccnc3)c(O)cc12. The summed E-state index contributed by atoms with van der Waals surface area (Å²) >= 11 is 0. The number of aromatic hydroxyl groups is 1. The Morgan fingerprint density at radius 2 is 1.93 bits per heavy atom. The molecule has 0 bridgehead atoms. The molecule has 0 aliphatic carbocycles. The van der Waals surface area contributed by atoms with E-state index >= 15 is 0 Å². The predicted molar refractivity (Wildman–Crippen MR) is 112 cm³/mol. The van der Waals surface area contributed by atoms with Gasteiger partial charge in [0.2, 0.25) is 0 Å². The number of aryl methyl sites for hydroxylation is 1. The number of aromatic nitrogens is 3. The summed E-state index contributed by atoms with van der Waals surface area (Å²) in [6.07, 6.45) is 6.64. The maximum Gasteiger partial charge on any atom is 0.340 e. The van der Waals surface area contributed by atoms with Crippen LogP contribution in [-0.4, -0.2) is 32.2 Å². The molecule has 4 rings (SSSR count). The molecule has 0 aliphatic rings. The van der Waals surface area contributed by atoms with Crippen molar-refractivity contribution >= 4 is 16.9 Å². The maximum absolute atomic E-state index is 12.8. The lowest BCUT2D eigenvalue weighted by Crippen LogP contribution is -2.11. The lowest BCUT2D eigenvalue weighted by Gasteiger charge is -2.10. The minimum absolute atomic E-state index is 0.0632. The van der Waals surface area contributed by atoms with Gasteiger partial charge in [-0.15, -0.1) is 0 Å². The van der Waals surface area contributed by atoms with Crippen molar-refractivity contribution in [3.63, 3.8) is 0 Å². The van der Waals surface area contributed by atoms with Gasteiger partial charge in [-0.3, -0.25) is 9.97 Å². The van der Waals surface area contributed by atoms with Gasteiger partial charge in [-0.2, -0.15) is 0 Å². The van der Waals surface area contributed by atoms with Gasteiger partial charge < -0.3 is 19.1 Å². The van der Waals surface area contributed by atoms with Gasteiger partial charge in [0.15, 0.2) is 0 Å². The molecular formula is C23H21N3O4. The fourth-order valence-electron chi connectivity index (χ4n) is 3.46. The zero-order chi connectivity index (χ0) is 21.1. The van der Waals surface area contributed by atoms with Crippen LogP contribution in [0.3, 0.4) is 0 Å². The standard InChI is InChI=1S/C23H21N3O4/c1-3-29-23(28)22-18-12-21(27)17(15-5-4-8-25-13-15)11-19(18)26(2)20(22)14-30-16-6-9-24-10-7-16/h4-13,27H,3,14H2,1-2H3. The van der Waals surface area contributed by atoms with Gasteiger partial charge in [0.1, 0.15) is 18.1 Å². The molecule has 7 heteroatoms. The summed E-state index contributed by atoms with van der Waals surface area (Å²) in [5.74, 6) is 0.252. The van der Waals surface area contributed by atoms with Crippen LogP contribution in [0.5, 0.6) is 11.5 Å². The normalized spacial score (nSPS) is 10.9. The average molecular weight is 403 g/mol. The number of hydrogen-bond acceptors (Lipinski definition) is 6. The fraction of sp³-hybridized carbons (Fsp3) is 0.174. The van der Waals surface area contributed by atoms with Crippen molar-refractivity contribution in [2.75, 3.05) is 6.61 Å². The third-order valence-electron chi connectivity index (χ3n) is 4.92. The third-order valence-corrected chi connectivity index (χ3v) is 4.92. The van der Waals surface area contributed by atoms with Gasteiger partial charge >= 0.3 is 5.97 Å². The van der Waals surface area contributed by atoms with E-state index in [0.29, 0.717) is 28.0 Å². The molecule has 0 saturated carbocycles. The molecule has 1 N–H and O–H groups in total. The lowest BCUT2D eigenvalue weighted by atomic mass is 10.0. The molecule has 0 radical (unpaired) electrons. The van der Waals surface area contributed by atoms with Gasteiger partial charge in [-0.05, 0) is 37.3 Å². The molecule has 30 heavy (non-hydrogen) atoms. The molecule has 0 aliphatic heterocycles. The summed E-state index contributed by atoms with van der Waals surface area (Å²) in [5, 5.41) is 11.3. The largest absolute Gasteiger partial charge is 0.507 e. The smallest absolute Gasteiger partial charge is 0.340 e. The number of pyridine rings is 2. The van der Waals surface area contributed by atoms with E-state index < -0.39 is 5.97 Å². The van der Waals surface area contributed by atoms with E-state index in [-0.39, 0.29) is 19.0 Å². The van der Waals surface area contributed by atoms with Crippen LogP contribution < -0.4 is 4.74 Å². The summed E-state index contributed by atoms with van der Waals surface area (Å²) in [6.45, 7) is 2.17. The minimum Gasteiger partial charge on any atom is -0.507 e. The first kappa shape index (κ1) is 19.4. The Morgan fingerprint density at radius 1 is 1.13 bits per heavy atom. The number of phenolic OH excluding ortho intramolecular Hbond substituents is 1. The van der Waals surface area contributed by atoms with Crippen LogP contribution in [0.2, 0.25) is 0 Å². The van der Waals surface area contributed by atoms with Crippen molar-refractivity contribution in [2.45, 2.75) is 13.5 Å². The minimum atomic E-state index is -0.454. The second-order valence-corrected chi connectivity index (χ2v) is 6.70. The Labute approximate surface area is 173 Å². The summed E-state index contributed by atoms with van der Waals surface area (Å²) < 4.78 is 13.1. The first-order valence-corrected chi connectivity index (χ1v) is 9.54. The van der Waals surface area contributed by atoms with Crippen molar-refractivity contribution in [1.82, 2.24) is 14.5 Å². The summed E-state index contributed by atoms with van der Waals surface area (Å²) in [4.78, 5) is 20.9. The van der Waals surface area contributed by atoms with Crippen molar-refractivity contribution in [2.24, 2.45) is 7.05 Å². The second kappa shape index (κ2) is 8.24. The zero-order valence-corrected chi connectivity index (χ0v) is 16.7. The van der Waals surface area contributed by atoms with Crippen molar-refractivity contribution in [3.05, 3.63) is 72.4 Å². The van der Waals surface area contributed by atoms with Crippen molar-refractivity contribution in [3.8, 4) is 22.6 Å². The molecular weight excluding hydrogens is 382 g/mol. The number of rotatable bonds is 6. The number of nitrogens with zero attached hydrogens (tertiary/aromatic N) is 3. The second-order valence-electron chi connectivity index (χ2n) is 6.70. The Morgan fingerprint density at radius 3 is 2.63 bits per heavy atom. The number of phenols is 1. The van der Waals surface area contributed by atoms with Gasteiger partial charge in [-0.1, -0.05) is 6.07 Å². The van der Waals surface area contributed by atoms with Crippen molar-refractivity contribution < 1.29 is 19.4 Å². The van der Waals surface area contributed by atoms with Crippen LogP contribution in [0.4, 0.5) is 0 Å². The van der Waals surface area contributed by atoms with E-state index in [4.69, 9.17) is 9.47 Å². The topological polar surface area (TPSA) is 86.5 Å². The number of esters is 1. The first-order chi connectivity index (χ1) is 14.6. The highest BCUT2D eigenvalue weighted by Crippen LogP contribution is 2.37. The van der Waals surface area contributed by atoms with E-state index in [1.54, 1.807) is 49.9 Å². The molecule has 0 spiro atoms. The Kier molecular flexibility index (Phi) is 5.34. The van der Waals surface area contributed by atoms with Crippen LogP contribution in [0.1, 0.15) is 23.0 Å². The van der Waals surface area contributed by atoms with Crippen LogP contribution in [0, 0.1) is 0 Å². The third kappa shape index (κ3) is 3.57. The van der Waals surface area contributed by atoms with Crippen molar-refractivity contribution in [1.29, 1.82) is 0 Å². The van der Waals surface area contributed by atoms with E-state index in [2.05, 4.69) is 9.97 Å². The number of carbonyl (C=O) groups is 1. The predicted octanol–water partition coefficient (Wildman–Crippen LogP) is 4.10. The van der Waals surface area contributed by atoms with Gasteiger partial charge in [0.05, 0.1) is 17.9 Å². The molecule has 0 amide bonds. The van der Waals surface area contributed by atoms with E-state index in [1.807, 2.05) is 29.8 Å². The van der Waals surface area contributed by atoms with Gasteiger partial charge in [0.25, 0.3) is 0 Å². The van der Waals surface area contributed by atoms with Crippen LogP contribution in [0.25, 0.3) is 22.0 Å². The quantitative estimate of drug-likeness (QED) is 0.488. The van der Waals surface area contributed by atoms with Gasteiger partial charge in [-0.25, -0.2) is 4.79 Å². The molecule has 0 unspecified atom stereocenters. The summed E-state index contributed by atoms with van der Waals surface area (Å²) in [5.41, 5.74) is 3.24. The lowest BCUT2D eigenvalue weighted by molar-refractivity contribution is 0.0525. The van der Waals surface area contributed by atoms with Gasteiger partial charge in [0, 0.05) is 53.9 Å².